The van der Waals surface area contributed by atoms with Gasteiger partial charge in [0.25, 0.3) is 0 Å². The number of anilines is 1. The lowest BCUT2D eigenvalue weighted by Gasteiger charge is -2.39. The summed E-state index contributed by atoms with van der Waals surface area (Å²) in [5, 5.41) is 0. The first-order valence-corrected chi connectivity index (χ1v) is 8.57. The number of aryl methyl sites for hydroxylation is 1. The van der Waals surface area contributed by atoms with Gasteiger partial charge in [0.05, 0.1) is 23.5 Å². The Hall–Kier alpha value is -2.21. The van der Waals surface area contributed by atoms with Crippen molar-refractivity contribution in [3.63, 3.8) is 0 Å². The molecule has 2 aromatic heterocycles. The fraction of sp³-hybridized carbons (Fsp3) is 0.500. The minimum absolute atomic E-state index is 0.237. The average molecular weight is 325 g/mol. The van der Waals surface area contributed by atoms with E-state index in [1.165, 1.54) is 12.0 Å². The zero-order valence-electron chi connectivity index (χ0n) is 14.1. The van der Waals surface area contributed by atoms with E-state index in [0.717, 1.165) is 51.1 Å². The fourth-order valence-corrected chi connectivity index (χ4v) is 4.13. The van der Waals surface area contributed by atoms with Crippen LogP contribution in [0.15, 0.2) is 37.1 Å². The standard InChI is InChI=1S/C18H23N5O/c1-21-7-2-4-15(21)12-22-8-3-5-18(13-22)6-9-23(17(18)24)16-10-19-14-20-11-16/h2,4,7,10-11,14H,3,5-6,8-9,12-13H2,1H3. The Morgan fingerprint density at radius 2 is 2.04 bits per heavy atom. The number of nitrogens with zero attached hydrogens (tertiary/aromatic N) is 5. The molecule has 1 spiro atoms. The molecule has 4 heterocycles. The van der Waals surface area contributed by atoms with Gasteiger partial charge in [0.15, 0.2) is 0 Å². The Bertz CT molecular complexity index is 728. The number of amides is 1. The zero-order chi connectivity index (χ0) is 16.6. The third-order valence-electron chi connectivity index (χ3n) is 5.46. The molecule has 24 heavy (non-hydrogen) atoms. The highest BCUT2D eigenvalue weighted by Gasteiger charge is 2.49. The van der Waals surface area contributed by atoms with Gasteiger partial charge in [-0.15, -0.1) is 0 Å². The second kappa shape index (κ2) is 6.02. The zero-order valence-corrected chi connectivity index (χ0v) is 14.1. The Morgan fingerprint density at radius 3 is 2.79 bits per heavy atom. The molecule has 2 saturated heterocycles. The van der Waals surface area contributed by atoms with Crippen LogP contribution in [0.25, 0.3) is 0 Å². The van der Waals surface area contributed by atoms with E-state index in [4.69, 9.17) is 0 Å². The summed E-state index contributed by atoms with van der Waals surface area (Å²) in [5.74, 6) is 0.244. The Kier molecular flexibility index (Phi) is 3.84. The number of hydrogen-bond acceptors (Lipinski definition) is 4. The summed E-state index contributed by atoms with van der Waals surface area (Å²) >= 11 is 0. The second-order valence-electron chi connectivity index (χ2n) is 7.01. The highest BCUT2D eigenvalue weighted by molar-refractivity contribution is 5.99. The summed E-state index contributed by atoms with van der Waals surface area (Å²) in [6.45, 7) is 3.59. The molecule has 6 nitrogen and oxygen atoms in total. The van der Waals surface area contributed by atoms with Crippen LogP contribution in [-0.2, 0) is 18.4 Å². The van der Waals surface area contributed by atoms with E-state index in [-0.39, 0.29) is 11.3 Å². The number of likely N-dealkylation sites (tertiary alicyclic amines) is 1. The first kappa shape index (κ1) is 15.3. The van der Waals surface area contributed by atoms with Crippen molar-refractivity contribution in [2.45, 2.75) is 25.8 Å². The van der Waals surface area contributed by atoms with Crippen LogP contribution in [0.2, 0.25) is 0 Å². The molecule has 0 aliphatic carbocycles. The highest BCUT2D eigenvalue weighted by Crippen LogP contribution is 2.41. The first-order valence-electron chi connectivity index (χ1n) is 8.57. The maximum absolute atomic E-state index is 13.1. The summed E-state index contributed by atoms with van der Waals surface area (Å²) in [4.78, 5) is 25.5. The van der Waals surface area contributed by atoms with Crippen molar-refractivity contribution in [3.05, 3.63) is 42.7 Å². The van der Waals surface area contributed by atoms with Crippen molar-refractivity contribution in [2.75, 3.05) is 24.5 Å². The van der Waals surface area contributed by atoms with E-state index in [0.29, 0.717) is 0 Å². The molecular formula is C18H23N5O. The summed E-state index contributed by atoms with van der Waals surface area (Å²) < 4.78 is 2.16. The van der Waals surface area contributed by atoms with Crippen molar-refractivity contribution >= 4 is 11.6 Å². The summed E-state index contributed by atoms with van der Waals surface area (Å²) in [7, 11) is 2.08. The molecule has 0 bridgehead atoms. The lowest BCUT2D eigenvalue weighted by molar-refractivity contribution is -0.128. The van der Waals surface area contributed by atoms with E-state index in [9.17, 15) is 4.79 Å². The molecule has 0 saturated carbocycles. The molecule has 2 fully saturated rings. The predicted octanol–water partition coefficient (Wildman–Crippen LogP) is 1.83. The average Bonchev–Trinajstić information content (AvgIpc) is 3.14. The van der Waals surface area contributed by atoms with Gasteiger partial charge in [-0.1, -0.05) is 0 Å². The van der Waals surface area contributed by atoms with Crippen LogP contribution in [0.4, 0.5) is 5.69 Å². The van der Waals surface area contributed by atoms with Crippen LogP contribution in [-0.4, -0.2) is 45.0 Å². The Balaban J connectivity index is 1.51. The van der Waals surface area contributed by atoms with E-state index in [1.807, 2.05) is 4.90 Å². The highest BCUT2D eigenvalue weighted by atomic mass is 16.2. The molecule has 1 atom stereocenters. The fourth-order valence-electron chi connectivity index (χ4n) is 4.13. The molecule has 126 valence electrons. The van der Waals surface area contributed by atoms with Gasteiger partial charge in [-0.05, 0) is 37.9 Å². The quantitative estimate of drug-likeness (QED) is 0.864. The van der Waals surface area contributed by atoms with Gasteiger partial charge in [-0.2, -0.15) is 0 Å². The molecule has 0 N–H and O–H groups in total. The van der Waals surface area contributed by atoms with Crippen molar-refractivity contribution in [1.82, 2.24) is 19.4 Å². The topological polar surface area (TPSA) is 54.3 Å². The van der Waals surface area contributed by atoms with E-state index < -0.39 is 0 Å². The first-order chi connectivity index (χ1) is 11.7. The van der Waals surface area contributed by atoms with Crippen LogP contribution >= 0.6 is 0 Å². The van der Waals surface area contributed by atoms with Crippen molar-refractivity contribution in [2.24, 2.45) is 12.5 Å². The maximum atomic E-state index is 13.1. The van der Waals surface area contributed by atoms with E-state index >= 15 is 0 Å². The molecule has 2 aliphatic rings. The third kappa shape index (κ3) is 2.60. The Morgan fingerprint density at radius 1 is 1.21 bits per heavy atom. The molecule has 2 aliphatic heterocycles. The van der Waals surface area contributed by atoms with Crippen LogP contribution in [0, 0.1) is 5.41 Å². The van der Waals surface area contributed by atoms with Crippen LogP contribution < -0.4 is 4.90 Å². The predicted molar refractivity (Wildman–Crippen MR) is 91.4 cm³/mol. The van der Waals surface area contributed by atoms with Crippen molar-refractivity contribution < 1.29 is 4.79 Å². The van der Waals surface area contributed by atoms with Crippen LogP contribution in [0.1, 0.15) is 25.0 Å². The van der Waals surface area contributed by atoms with E-state index in [2.05, 4.69) is 44.8 Å². The third-order valence-corrected chi connectivity index (χ3v) is 5.46. The van der Waals surface area contributed by atoms with Crippen LogP contribution in [0.3, 0.4) is 0 Å². The molecular weight excluding hydrogens is 302 g/mol. The van der Waals surface area contributed by atoms with Gasteiger partial charge in [0.2, 0.25) is 5.91 Å². The van der Waals surface area contributed by atoms with Crippen molar-refractivity contribution in [3.8, 4) is 0 Å². The molecule has 1 unspecified atom stereocenters. The smallest absolute Gasteiger partial charge is 0.234 e. The minimum Gasteiger partial charge on any atom is -0.353 e. The van der Waals surface area contributed by atoms with E-state index in [1.54, 1.807) is 12.4 Å². The Labute approximate surface area is 142 Å². The normalized spacial score (nSPS) is 24.9. The summed E-state index contributed by atoms with van der Waals surface area (Å²) in [5.41, 5.74) is 1.88. The van der Waals surface area contributed by atoms with Gasteiger partial charge in [0.1, 0.15) is 6.33 Å². The largest absolute Gasteiger partial charge is 0.353 e. The van der Waals surface area contributed by atoms with Crippen LogP contribution in [0.5, 0.6) is 0 Å². The molecule has 2 aromatic rings. The van der Waals surface area contributed by atoms with Crippen molar-refractivity contribution in [1.29, 1.82) is 0 Å². The molecule has 1 amide bonds. The second-order valence-corrected chi connectivity index (χ2v) is 7.01. The minimum atomic E-state index is -0.237. The van der Waals surface area contributed by atoms with Gasteiger partial charge < -0.3 is 9.47 Å². The lowest BCUT2D eigenvalue weighted by atomic mass is 9.78. The number of carbonyl (C=O) groups excluding carboxylic acids is 1. The SMILES string of the molecule is Cn1cccc1CN1CCCC2(CCN(c3cncnc3)C2=O)C1. The number of aromatic nitrogens is 3. The molecule has 6 heteroatoms. The molecule has 4 rings (SSSR count). The molecule has 0 aromatic carbocycles. The summed E-state index contributed by atoms with van der Waals surface area (Å²) in [6.07, 6.45) is 10.0. The maximum Gasteiger partial charge on any atom is 0.234 e. The monoisotopic (exact) mass is 325 g/mol. The van der Waals surface area contributed by atoms with Gasteiger partial charge >= 0.3 is 0 Å². The van der Waals surface area contributed by atoms with Gasteiger partial charge in [-0.25, -0.2) is 9.97 Å². The molecule has 0 radical (unpaired) electrons. The number of piperidine rings is 1. The number of hydrogen-bond donors (Lipinski definition) is 0. The lowest BCUT2D eigenvalue weighted by Crippen LogP contribution is -2.47. The van der Waals surface area contributed by atoms with Gasteiger partial charge in [0, 0.05) is 38.6 Å². The summed E-state index contributed by atoms with van der Waals surface area (Å²) in [6, 6.07) is 4.23. The number of carbonyl (C=O) groups is 1. The number of rotatable bonds is 3. The van der Waals surface area contributed by atoms with Gasteiger partial charge in [-0.3, -0.25) is 9.69 Å².